The fourth-order valence-electron chi connectivity index (χ4n) is 2.95. The van der Waals surface area contributed by atoms with Crippen molar-refractivity contribution in [3.8, 4) is 5.75 Å². The van der Waals surface area contributed by atoms with Gasteiger partial charge in [0.1, 0.15) is 5.75 Å². The molecule has 0 amide bonds. The molecular weight excluding hydrogens is 272 g/mol. The largest absolute Gasteiger partial charge is 0.496 e. The summed E-state index contributed by atoms with van der Waals surface area (Å²) in [6.07, 6.45) is 5.29. The van der Waals surface area contributed by atoms with Gasteiger partial charge in [0.25, 0.3) is 0 Å². The van der Waals surface area contributed by atoms with E-state index in [0.717, 1.165) is 22.9 Å². The summed E-state index contributed by atoms with van der Waals surface area (Å²) in [5.74, 6) is 1.17. The topological polar surface area (TPSA) is 38.5 Å². The van der Waals surface area contributed by atoms with E-state index in [1.807, 2.05) is 18.2 Å². The average molecular weight is 297 g/mol. The van der Waals surface area contributed by atoms with E-state index in [0.29, 0.717) is 6.54 Å². The van der Waals surface area contributed by atoms with E-state index in [-0.39, 0.29) is 5.92 Å². The third-order valence-electron chi connectivity index (χ3n) is 4.09. The Balaban J connectivity index is 2.12. The third kappa shape index (κ3) is 4.11. The van der Waals surface area contributed by atoms with Crippen LogP contribution >= 0.6 is 11.6 Å². The smallest absolute Gasteiger partial charge is 0.122 e. The lowest BCUT2D eigenvalue weighted by Crippen LogP contribution is -2.32. The zero-order valence-electron chi connectivity index (χ0n) is 12.3. The summed E-state index contributed by atoms with van der Waals surface area (Å²) in [5.41, 5.74) is 7.14. The number of methoxy groups -OCH3 is 1. The third-order valence-corrected chi connectivity index (χ3v) is 4.33. The van der Waals surface area contributed by atoms with Gasteiger partial charge in [-0.05, 0) is 44.1 Å². The van der Waals surface area contributed by atoms with Crippen molar-refractivity contribution in [3.63, 3.8) is 0 Å². The fraction of sp³-hybridized carbons (Fsp3) is 0.625. The highest BCUT2D eigenvalue weighted by Gasteiger charge is 2.19. The number of likely N-dealkylation sites (tertiary alicyclic amines) is 1. The Hall–Kier alpha value is -0.770. The minimum absolute atomic E-state index is 0.279. The quantitative estimate of drug-likeness (QED) is 0.906. The van der Waals surface area contributed by atoms with Gasteiger partial charge in [0, 0.05) is 29.6 Å². The lowest BCUT2D eigenvalue weighted by atomic mass is 9.97. The Morgan fingerprint density at radius 2 is 1.95 bits per heavy atom. The number of nitrogens with two attached hydrogens (primary N) is 1. The molecule has 2 N–H and O–H groups in total. The van der Waals surface area contributed by atoms with Crippen molar-refractivity contribution in [3.05, 3.63) is 28.8 Å². The lowest BCUT2D eigenvalue weighted by Gasteiger charge is -2.26. The average Bonchev–Trinajstić information content (AvgIpc) is 2.73. The fourth-order valence-corrected chi connectivity index (χ4v) is 3.14. The molecule has 0 radical (unpaired) electrons. The Morgan fingerprint density at radius 1 is 1.25 bits per heavy atom. The second-order valence-corrected chi connectivity index (χ2v) is 5.97. The van der Waals surface area contributed by atoms with Crippen LogP contribution in [0.25, 0.3) is 0 Å². The van der Waals surface area contributed by atoms with Crippen molar-refractivity contribution >= 4 is 11.6 Å². The highest BCUT2D eigenvalue weighted by atomic mass is 35.5. The second kappa shape index (κ2) is 7.87. The van der Waals surface area contributed by atoms with E-state index in [4.69, 9.17) is 22.1 Å². The van der Waals surface area contributed by atoms with Gasteiger partial charge < -0.3 is 15.4 Å². The molecule has 20 heavy (non-hydrogen) atoms. The number of hydrogen-bond donors (Lipinski definition) is 1. The number of nitrogens with zero attached hydrogens (tertiary/aromatic N) is 1. The van der Waals surface area contributed by atoms with Crippen molar-refractivity contribution < 1.29 is 4.74 Å². The summed E-state index contributed by atoms with van der Waals surface area (Å²) in [4.78, 5) is 2.53. The van der Waals surface area contributed by atoms with Crippen LogP contribution in [0.1, 0.15) is 37.2 Å². The zero-order valence-corrected chi connectivity index (χ0v) is 13.0. The molecule has 1 atom stereocenters. The monoisotopic (exact) mass is 296 g/mol. The first-order valence-electron chi connectivity index (χ1n) is 7.50. The van der Waals surface area contributed by atoms with Crippen LogP contribution in [0, 0.1) is 0 Å². The SMILES string of the molecule is COc1ccc(Cl)cc1C(CN)CN1CCCCCC1. The summed E-state index contributed by atoms with van der Waals surface area (Å²) >= 11 is 6.13. The van der Waals surface area contributed by atoms with Crippen LogP contribution in [0.4, 0.5) is 0 Å². The minimum atomic E-state index is 0.279. The molecule has 0 aromatic heterocycles. The maximum absolute atomic E-state index is 6.13. The Morgan fingerprint density at radius 3 is 2.55 bits per heavy atom. The van der Waals surface area contributed by atoms with E-state index in [9.17, 15) is 0 Å². The molecule has 1 heterocycles. The van der Waals surface area contributed by atoms with Gasteiger partial charge in [0.05, 0.1) is 7.11 Å². The molecule has 1 aromatic rings. The van der Waals surface area contributed by atoms with Gasteiger partial charge in [0.2, 0.25) is 0 Å². The molecule has 112 valence electrons. The Kier molecular flexibility index (Phi) is 6.14. The lowest BCUT2D eigenvalue weighted by molar-refractivity contribution is 0.265. The number of rotatable bonds is 5. The second-order valence-electron chi connectivity index (χ2n) is 5.53. The minimum Gasteiger partial charge on any atom is -0.496 e. The Labute approximate surface area is 127 Å². The first-order chi connectivity index (χ1) is 9.74. The molecule has 0 bridgehead atoms. The van der Waals surface area contributed by atoms with E-state index in [1.54, 1.807) is 7.11 Å². The van der Waals surface area contributed by atoms with Crippen molar-refractivity contribution in [2.24, 2.45) is 5.73 Å². The summed E-state index contributed by atoms with van der Waals surface area (Å²) < 4.78 is 5.46. The van der Waals surface area contributed by atoms with Crippen molar-refractivity contribution in [1.82, 2.24) is 4.90 Å². The van der Waals surface area contributed by atoms with Crippen LogP contribution in [-0.2, 0) is 0 Å². The summed E-state index contributed by atoms with van der Waals surface area (Å²) in [7, 11) is 1.70. The van der Waals surface area contributed by atoms with Gasteiger partial charge in [-0.3, -0.25) is 0 Å². The van der Waals surface area contributed by atoms with Gasteiger partial charge in [0.15, 0.2) is 0 Å². The molecule has 0 saturated carbocycles. The van der Waals surface area contributed by atoms with Crippen LogP contribution in [0.5, 0.6) is 5.75 Å². The molecule has 1 aliphatic heterocycles. The van der Waals surface area contributed by atoms with Gasteiger partial charge >= 0.3 is 0 Å². The molecule has 3 nitrogen and oxygen atoms in total. The van der Waals surface area contributed by atoms with Gasteiger partial charge in [-0.2, -0.15) is 0 Å². The predicted octanol–water partition coefficient (Wildman–Crippen LogP) is 3.27. The molecule has 2 rings (SSSR count). The molecule has 0 aliphatic carbocycles. The maximum atomic E-state index is 6.13. The highest BCUT2D eigenvalue weighted by molar-refractivity contribution is 6.30. The van der Waals surface area contributed by atoms with Crippen molar-refractivity contribution in [1.29, 1.82) is 0 Å². The van der Waals surface area contributed by atoms with Gasteiger partial charge in [-0.25, -0.2) is 0 Å². The van der Waals surface area contributed by atoms with Crippen molar-refractivity contribution in [2.75, 3.05) is 33.3 Å². The molecule has 0 spiro atoms. The maximum Gasteiger partial charge on any atom is 0.122 e. The molecule has 1 saturated heterocycles. The zero-order chi connectivity index (χ0) is 14.4. The summed E-state index contributed by atoms with van der Waals surface area (Å²) in [6, 6.07) is 5.79. The standard InChI is InChI=1S/C16H25ClN2O/c1-20-16-7-6-14(17)10-15(16)13(11-18)12-19-8-4-2-3-5-9-19/h6-7,10,13H,2-5,8-9,11-12,18H2,1H3. The van der Waals surface area contributed by atoms with E-state index in [1.165, 1.54) is 38.8 Å². The molecule has 4 heteroatoms. The van der Waals surface area contributed by atoms with E-state index >= 15 is 0 Å². The summed E-state index contributed by atoms with van der Waals surface area (Å²) in [5, 5.41) is 0.745. The Bertz CT molecular complexity index is 417. The van der Waals surface area contributed by atoms with Crippen LogP contribution < -0.4 is 10.5 Å². The van der Waals surface area contributed by atoms with Crippen LogP contribution in [0.2, 0.25) is 5.02 Å². The number of benzene rings is 1. The molecular formula is C16H25ClN2O. The van der Waals surface area contributed by atoms with Crippen molar-refractivity contribution in [2.45, 2.75) is 31.6 Å². The highest BCUT2D eigenvalue weighted by Crippen LogP contribution is 2.30. The first-order valence-corrected chi connectivity index (χ1v) is 7.88. The van der Waals surface area contributed by atoms with E-state index in [2.05, 4.69) is 4.90 Å². The first kappa shape index (κ1) is 15.6. The number of ether oxygens (including phenoxy) is 1. The number of hydrogen-bond acceptors (Lipinski definition) is 3. The molecule has 1 aromatic carbocycles. The van der Waals surface area contributed by atoms with Gasteiger partial charge in [-0.15, -0.1) is 0 Å². The normalized spacial score (nSPS) is 18.6. The van der Waals surface area contributed by atoms with Gasteiger partial charge in [-0.1, -0.05) is 24.4 Å². The summed E-state index contributed by atoms with van der Waals surface area (Å²) in [6.45, 7) is 3.97. The van der Waals surface area contributed by atoms with E-state index < -0.39 is 0 Å². The van der Waals surface area contributed by atoms with Crippen LogP contribution in [0.3, 0.4) is 0 Å². The molecule has 1 unspecified atom stereocenters. The predicted molar refractivity (Wildman–Crippen MR) is 84.7 cm³/mol. The number of halogens is 1. The van der Waals surface area contributed by atoms with Crippen LogP contribution in [0.15, 0.2) is 18.2 Å². The van der Waals surface area contributed by atoms with Crippen LogP contribution in [-0.4, -0.2) is 38.2 Å². The molecule has 1 fully saturated rings. The molecule has 1 aliphatic rings.